The molecule has 0 heterocycles. The van der Waals surface area contributed by atoms with E-state index in [4.69, 9.17) is 32.5 Å². The predicted octanol–water partition coefficient (Wildman–Crippen LogP) is 3.30. The number of nitrogens with zero attached hydrogens (tertiary/aromatic N) is 2. The maximum absolute atomic E-state index is 6.14. The zero-order chi connectivity index (χ0) is 17.5. The number of benzene rings is 2. The summed E-state index contributed by atoms with van der Waals surface area (Å²) in [5, 5.41) is 7.97. The van der Waals surface area contributed by atoms with Gasteiger partial charge in [-0.25, -0.2) is 0 Å². The Hall–Kier alpha value is -2.25. The second-order valence-electron chi connectivity index (χ2n) is 4.68. The van der Waals surface area contributed by atoms with Crippen LogP contribution in [0.2, 0.25) is 5.02 Å². The fraction of sp³-hybridized carbons (Fsp3) is 0.125. The van der Waals surface area contributed by atoms with Gasteiger partial charge in [-0.2, -0.15) is 5.10 Å². The van der Waals surface area contributed by atoms with E-state index in [9.17, 15) is 0 Å². The molecule has 0 bridgehead atoms. The van der Waals surface area contributed by atoms with Crippen molar-refractivity contribution in [3.8, 4) is 11.5 Å². The SMILES string of the molecule is COc1cc(C=NN=C(N)N)cc(Br)c1OCc1ccccc1Cl. The van der Waals surface area contributed by atoms with Gasteiger partial charge in [0.15, 0.2) is 11.5 Å². The smallest absolute Gasteiger partial charge is 0.211 e. The first kappa shape index (κ1) is 18.1. The molecule has 0 aliphatic carbocycles. The molecule has 0 aliphatic rings. The molecule has 0 amide bonds. The van der Waals surface area contributed by atoms with Crippen LogP contribution in [0.1, 0.15) is 11.1 Å². The van der Waals surface area contributed by atoms with E-state index in [2.05, 4.69) is 26.1 Å². The van der Waals surface area contributed by atoms with E-state index in [-0.39, 0.29) is 5.96 Å². The summed E-state index contributed by atoms with van der Waals surface area (Å²) in [6.45, 7) is 0.316. The fourth-order valence-electron chi connectivity index (χ4n) is 1.88. The molecule has 126 valence electrons. The van der Waals surface area contributed by atoms with E-state index < -0.39 is 0 Å². The third kappa shape index (κ3) is 4.87. The number of hydrogen-bond donors (Lipinski definition) is 2. The van der Waals surface area contributed by atoms with E-state index in [1.54, 1.807) is 13.2 Å². The normalized spacial score (nSPS) is 10.6. The maximum atomic E-state index is 6.14. The molecule has 6 nitrogen and oxygen atoms in total. The molecule has 2 aromatic carbocycles. The van der Waals surface area contributed by atoms with E-state index in [1.165, 1.54) is 6.21 Å². The molecule has 0 fully saturated rings. The van der Waals surface area contributed by atoms with Gasteiger partial charge < -0.3 is 20.9 Å². The van der Waals surface area contributed by atoms with Crippen LogP contribution >= 0.6 is 27.5 Å². The van der Waals surface area contributed by atoms with Crippen LogP contribution in [-0.2, 0) is 6.61 Å². The summed E-state index contributed by atoms with van der Waals surface area (Å²) in [6.07, 6.45) is 1.50. The van der Waals surface area contributed by atoms with Crippen LogP contribution in [0, 0.1) is 0 Å². The van der Waals surface area contributed by atoms with Crippen molar-refractivity contribution >= 4 is 39.7 Å². The first-order chi connectivity index (χ1) is 11.5. The first-order valence-electron chi connectivity index (χ1n) is 6.87. The second-order valence-corrected chi connectivity index (χ2v) is 5.95. The lowest BCUT2D eigenvalue weighted by Gasteiger charge is -2.14. The summed E-state index contributed by atoms with van der Waals surface area (Å²) >= 11 is 9.61. The number of hydrogen-bond acceptors (Lipinski definition) is 4. The lowest BCUT2D eigenvalue weighted by molar-refractivity contribution is 0.282. The van der Waals surface area contributed by atoms with E-state index in [0.717, 1.165) is 11.1 Å². The summed E-state index contributed by atoms with van der Waals surface area (Å²) in [5.74, 6) is 0.996. The third-order valence-corrected chi connectivity index (χ3v) is 3.92. The molecule has 24 heavy (non-hydrogen) atoms. The molecular formula is C16H16BrClN4O2. The van der Waals surface area contributed by atoms with Gasteiger partial charge in [0.2, 0.25) is 5.96 Å². The molecule has 0 radical (unpaired) electrons. The predicted molar refractivity (Wildman–Crippen MR) is 99.9 cm³/mol. The Kier molecular flexibility index (Phi) is 6.45. The summed E-state index contributed by atoms with van der Waals surface area (Å²) in [6, 6.07) is 11.1. The van der Waals surface area contributed by atoms with Gasteiger partial charge in [-0.1, -0.05) is 29.8 Å². The second kappa shape index (κ2) is 8.56. The standard InChI is InChI=1S/C16H16BrClN4O2/c1-23-14-7-10(8-21-22-16(19)20)6-12(17)15(14)24-9-11-4-2-3-5-13(11)18/h2-8H,9H2,1H3,(H4,19,20,22). The van der Waals surface area contributed by atoms with Crippen LogP contribution in [0.15, 0.2) is 51.1 Å². The lowest BCUT2D eigenvalue weighted by Crippen LogP contribution is -2.21. The van der Waals surface area contributed by atoms with Gasteiger partial charge >= 0.3 is 0 Å². The molecule has 0 atom stereocenters. The van der Waals surface area contributed by atoms with Crippen molar-refractivity contribution in [1.82, 2.24) is 0 Å². The van der Waals surface area contributed by atoms with Crippen molar-refractivity contribution in [1.29, 1.82) is 0 Å². The Morgan fingerprint density at radius 3 is 2.71 bits per heavy atom. The highest BCUT2D eigenvalue weighted by molar-refractivity contribution is 9.10. The third-order valence-electron chi connectivity index (χ3n) is 2.96. The summed E-state index contributed by atoms with van der Waals surface area (Å²) in [7, 11) is 1.56. The highest BCUT2D eigenvalue weighted by Crippen LogP contribution is 2.37. The molecule has 0 saturated carbocycles. The van der Waals surface area contributed by atoms with Crippen LogP contribution in [0.3, 0.4) is 0 Å². The number of nitrogens with two attached hydrogens (primary N) is 2. The first-order valence-corrected chi connectivity index (χ1v) is 8.04. The summed E-state index contributed by atoms with van der Waals surface area (Å²) in [4.78, 5) is 0. The lowest BCUT2D eigenvalue weighted by atomic mass is 10.2. The van der Waals surface area contributed by atoms with Gasteiger partial charge in [-0.05, 0) is 39.7 Å². The zero-order valence-electron chi connectivity index (χ0n) is 12.9. The highest BCUT2D eigenvalue weighted by atomic mass is 79.9. The number of ether oxygens (including phenoxy) is 2. The van der Waals surface area contributed by atoms with Crippen molar-refractivity contribution < 1.29 is 9.47 Å². The Labute approximate surface area is 153 Å². The van der Waals surface area contributed by atoms with Crippen molar-refractivity contribution in [3.05, 3.63) is 57.0 Å². The Morgan fingerprint density at radius 1 is 1.29 bits per heavy atom. The molecule has 2 rings (SSSR count). The van der Waals surface area contributed by atoms with Gasteiger partial charge in [0.05, 0.1) is 17.8 Å². The molecule has 8 heteroatoms. The highest BCUT2D eigenvalue weighted by Gasteiger charge is 2.12. The average molecular weight is 412 g/mol. The molecule has 0 aliphatic heterocycles. The van der Waals surface area contributed by atoms with Crippen LogP contribution < -0.4 is 20.9 Å². The minimum atomic E-state index is -0.114. The summed E-state index contributed by atoms with van der Waals surface area (Å²) in [5.41, 5.74) is 12.1. The monoisotopic (exact) mass is 410 g/mol. The van der Waals surface area contributed by atoms with Crippen LogP contribution in [0.25, 0.3) is 0 Å². The molecule has 0 unspecified atom stereocenters. The van der Waals surface area contributed by atoms with E-state index >= 15 is 0 Å². The quantitative estimate of drug-likeness (QED) is 0.433. The van der Waals surface area contributed by atoms with Crippen molar-refractivity contribution in [2.24, 2.45) is 21.7 Å². The molecule has 0 spiro atoms. The number of guanidine groups is 1. The Morgan fingerprint density at radius 2 is 2.04 bits per heavy atom. The minimum absolute atomic E-state index is 0.114. The van der Waals surface area contributed by atoms with Crippen molar-refractivity contribution in [2.75, 3.05) is 7.11 Å². The van der Waals surface area contributed by atoms with Gasteiger partial charge in [-0.15, -0.1) is 5.10 Å². The van der Waals surface area contributed by atoms with Crippen LogP contribution in [0.5, 0.6) is 11.5 Å². The molecule has 0 saturated heterocycles. The topological polar surface area (TPSA) is 95.2 Å². The molecule has 0 aromatic heterocycles. The van der Waals surface area contributed by atoms with Crippen molar-refractivity contribution in [2.45, 2.75) is 6.61 Å². The minimum Gasteiger partial charge on any atom is -0.493 e. The number of halogens is 2. The van der Waals surface area contributed by atoms with E-state index in [0.29, 0.717) is 27.6 Å². The number of rotatable bonds is 6. The maximum Gasteiger partial charge on any atom is 0.211 e. The van der Waals surface area contributed by atoms with Gasteiger partial charge in [0.1, 0.15) is 6.61 Å². The van der Waals surface area contributed by atoms with Crippen molar-refractivity contribution in [3.63, 3.8) is 0 Å². The average Bonchev–Trinajstić information content (AvgIpc) is 2.54. The van der Waals surface area contributed by atoms with Crippen LogP contribution in [0.4, 0.5) is 0 Å². The fourth-order valence-corrected chi connectivity index (χ4v) is 2.65. The Balaban J connectivity index is 2.22. The molecule has 4 N–H and O–H groups in total. The van der Waals surface area contributed by atoms with Crippen LogP contribution in [-0.4, -0.2) is 19.3 Å². The van der Waals surface area contributed by atoms with Gasteiger partial charge in [-0.3, -0.25) is 0 Å². The van der Waals surface area contributed by atoms with E-state index in [1.807, 2.05) is 30.3 Å². The molecular weight excluding hydrogens is 396 g/mol. The largest absolute Gasteiger partial charge is 0.493 e. The van der Waals surface area contributed by atoms with Gasteiger partial charge in [0.25, 0.3) is 0 Å². The zero-order valence-corrected chi connectivity index (χ0v) is 15.2. The molecule has 2 aromatic rings. The van der Waals surface area contributed by atoms with Gasteiger partial charge in [0, 0.05) is 10.6 Å². The Bertz CT molecular complexity index is 777. The number of methoxy groups -OCH3 is 1. The summed E-state index contributed by atoms with van der Waals surface area (Å²) < 4.78 is 11.9.